The monoisotopic (exact) mass is 391 g/mol. The third kappa shape index (κ3) is 4.57. The second-order valence-electron chi connectivity index (χ2n) is 6.76. The van der Waals surface area contributed by atoms with Crippen LogP contribution in [0.3, 0.4) is 0 Å². The summed E-state index contributed by atoms with van der Waals surface area (Å²) < 4.78 is 11.0. The van der Waals surface area contributed by atoms with E-state index in [2.05, 4.69) is 15.3 Å². The SMILES string of the molecule is O=C(c1ccccc1)[C@@H]1COC(CNCC2=N[C@@H](C(=O)c3ccccc3)CO2)=N1. The maximum atomic E-state index is 12.4. The van der Waals surface area contributed by atoms with Gasteiger partial charge in [-0.25, -0.2) is 9.98 Å². The molecule has 2 atom stereocenters. The van der Waals surface area contributed by atoms with Crippen molar-refractivity contribution >= 4 is 23.4 Å². The molecular weight excluding hydrogens is 370 g/mol. The molecule has 7 heteroatoms. The Morgan fingerprint density at radius 3 is 1.59 bits per heavy atom. The molecule has 0 unspecified atom stereocenters. The third-order valence-corrected chi connectivity index (χ3v) is 4.69. The van der Waals surface area contributed by atoms with Crippen LogP contribution in [0.4, 0.5) is 0 Å². The van der Waals surface area contributed by atoms with Gasteiger partial charge in [0, 0.05) is 11.1 Å². The van der Waals surface area contributed by atoms with Gasteiger partial charge in [-0.2, -0.15) is 0 Å². The molecule has 0 aromatic heterocycles. The number of ketones is 2. The van der Waals surface area contributed by atoms with Gasteiger partial charge in [-0.3, -0.25) is 9.59 Å². The van der Waals surface area contributed by atoms with Crippen LogP contribution in [0.5, 0.6) is 0 Å². The molecule has 0 aliphatic carbocycles. The molecule has 2 heterocycles. The van der Waals surface area contributed by atoms with Crippen molar-refractivity contribution in [2.75, 3.05) is 26.3 Å². The fraction of sp³-hybridized carbons (Fsp3) is 0.273. The van der Waals surface area contributed by atoms with Crippen LogP contribution < -0.4 is 5.32 Å². The smallest absolute Gasteiger partial charge is 0.198 e. The van der Waals surface area contributed by atoms with Crippen molar-refractivity contribution in [3.8, 4) is 0 Å². The Hall–Kier alpha value is -3.32. The first-order valence-electron chi connectivity index (χ1n) is 9.49. The fourth-order valence-corrected chi connectivity index (χ4v) is 3.17. The standard InChI is InChI=1S/C22H21N3O4/c26-21(15-7-3-1-4-8-15)17-13-28-19(24-17)11-23-12-20-25-18(14-29-20)22(27)16-9-5-2-6-10-16/h1-10,17-18,23H,11-14H2/t17-,18+. The van der Waals surface area contributed by atoms with Gasteiger partial charge in [0.2, 0.25) is 0 Å². The van der Waals surface area contributed by atoms with Gasteiger partial charge in [0.1, 0.15) is 13.2 Å². The number of Topliss-reactive ketones (excluding diaryl/α,β-unsaturated/α-hetero) is 2. The summed E-state index contributed by atoms with van der Waals surface area (Å²) in [5, 5.41) is 3.13. The van der Waals surface area contributed by atoms with E-state index in [0.29, 0.717) is 36.0 Å². The summed E-state index contributed by atoms with van der Waals surface area (Å²) in [7, 11) is 0. The molecule has 0 saturated carbocycles. The van der Waals surface area contributed by atoms with Gasteiger partial charge >= 0.3 is 0 Å². The van der Waals surface area contributed by atoms with E-state index in [1.807, 2.05) is 36.4 Å². The Balaban J connectivity index is 1.26. The molecule has 7 nitrogen and oxygen atoms in total. The van der Waals surface area contributed by atoms with E-state index in [0.717, 1.165) is 0 Å². The summed E-state index contributed by atoms with van der Waals surface area (Å²) in [5.41, 5.74) is 1.25. The predicted molar refractivity (Wildman–Crippen MR) is 109 cm³/mol. The van der Waals surface area contributed by atoms with E-state index in [-0.39, 0.29) is 24.8 Å². The topological polar surface area (TPSA) is 89.3 Å². The van der Waals surface area contributed by atoms with Crippen LogP contribution in [0.1, 0.15) is 20.7 Å². The van der Waals surface area contributed by atoms with E-state index in [4.69, 9.17) is 9.47 Å². The minimum absolute atomic E-state index is 0.0497. The normalized spacial score (nSPS) is 20.4. The zero-order valence-electron chi connectivity index (χ0n) is 15.8. The van der Waals surface area contributed by atoms with Crippen LogP contribution in [0, 0.1) is 0 Å². The Labute approximate surface area is 168 Å². The molecule has 0 amide bonds. The Morgan fingerprint density at radius 1 is 0.759 bits per heavy atom. The summed E-state index contributed by atoms with van der Waals surface area (Å²) >= 11 is 0. The van der Waals surface area contributed by atoms with E-state index in [9.17, 15) is 9.59 Å². The van der Waals surface area contributed by atoms with Crippen molar-refractivity contribution in [2.24, 2.45) is 9.98 Å². The quantitative estimate of drug-likeness (QED) is 0.695. The lowest BCUT2D eigenvalue weighted by Crippen LogP contribution is -2.28. The van der Waals surface area contributed by atoms with Crippen molar-refractivity contribution in [3.05, 3.63) is 71.8 Å². The minimum Gasteiger partial charge on any atom is -0.477 e. The first kappa shape index (κ1) is 19.0. The van der Waals surface area contributed by atoms with Gasteiger partial charge in [0.05, 0.1) is 13.1 Å². The zero-order valence-corrected chi connectivity index (χ0v) is 15.8. The van der Waals surface area contributed by atoms with Crippen molar-refractivity contribution in [3.63, 3.8) is 0 Å². The summed E-state index contributed by atoms with van der Waals surface area (Å²) in [4.78, 5) is 33.5. The number of hydrogen-bond acceptors (Lipinski definition) is 7. The second kappa shape index (κ2) is 8.79. The van der Waals surface area contributed by atoms with E-state index in [1.165, 1.54) is 0 Å². The Kier molecular flexibility index (Phi) is 5.76. The lowest BCUT2D eigenvalue weighted by Gasteiger charge is -2.04. The average Bonchev–Trinajstić information content (AvgIpc) is 3.44. The van der Waals surface area contributed by atoms with E-state index < -0.39 is 12.1 Å². The molecule has 0 radical (unpaired) electrons. The van der Waals surface area contributed by atoms with Gasteiger partial charge in [-0.05, 0) is 0 Å². The summed E-state index contributed by atoms with van der Waals surface area (Å²) in [6, 6.07) is 17.1. The van der Waals surface area contributed by atoms with Crippen molar-refractivity contribution in [1.29, 1.82) is 0 Å². The van der Waals surface area contributed by atoms with Crippen LogP contribution in [-0.2, 0) is 9.47 Å². The first-order chi connectivity index (χ1) is 14.2. The number of ether oxygens (including phenoxy) is 2. The maximum absolute atomic E-state index is 12.4. The van der Waals surface area contributed by atoms with Gasteiger partial charge in [-0.1, -0.05) is 60.7 Å². The number of aliphatic imine (C=N–C) groups is 2. The van der Waals surface area contributed by atoms with Crippen LogP contribution in [0.25, 0.3) is 0 Å². The molecule has 29 heavy (non-hydrogen) atoms. The Bertz CT molecular complexity index is 864. The van der Waals surface area contributed by atoms with Crippen molar-refractivity contribution < 1.29 is 19.1 Å². The first-order valence-corrected chi connectivity index (χ1v) is 9.49. The maximum Gasteiger partial charge on any atom is 0.198 e. The molecule has 2 aliphatic heterocycles. The molecule has 1 N–H and O–H groups in total. The molecule has 148 valence electrons. The molecular formula is C22H21N3O4. The van der Waals surface area contributed by atoms with E-state index >= 15 is 0 Å². The molecule has 0 spiro atoms. The fourth-order valence-electron chi connectivity index (χ4n) is 3.17. The van der Waals surface area contributed by atoms with Gasteiger partial charge in [0.15, 0.2) is 35.4 Å². The number of nitrogens with zero attached hydrogens (tertiary/aromatic N) is 2. The van der Waals surface area contributed by atoms with Crippen molar-refractivity contribution in [1.82, 2.24) is 5.32 Å². The van der Waals surface area contributed by atoms with Crippen LogP contribution in [0.2, 0.25) is 0 Å². The number of benzene rings is 2. The largest absolute Gasteiger partial charge is 0.477 e. The molecule has 2 aliphatic rings. The van der Waals surface area contributed by atoms with Crippen molar-refractivity contribution in [2.45, 2.75) is 12.1 Å². The third-order valence-electron chi connectivity index (χ3n) is 4.69. The number of carbonyl (C=O) groups is 2. The average molecular weight is 391 g/mol. The highest BCUT2D eigenvalue weighted by Gasteiger charge is 2.28. The number of rotatable bonds is 8. The van der Waals surface area contributed by atoms with Crippen LogP contribution >= 0.6 is 0 Å². The highest BCUT2D eigenvalue weighted by Crippen LogP contribution is 2.13. The molecule has 0 fully saturated rings. The molecule has 0 saturated heterocycles. The number of carbonyl (C=O) groups excluding carboxylic acids is 2. The highest BCUT2D eigenvalue weighted by atomic mass is 16.5. The summed E-state index contributed by atoms with van der Waals surface area (Å²) in [6.45, 7) is 1.21. The van der Waals surface area contributed by atoms with E-state index in [1.54, 1.807) is 24.3 Å². The molecule has 0 bridgehead atoms. The number of hydrogen-bond donors (Lipinski definition) is 1. The van der Waals surface area contributed by atoms with Crippen LogP contribution in [0.15, 0.2) is 70.6 Å². The van der Waals surface area contributed by atoms with Crippen LogP contribution in [-0.4, -0.2) is 61.7 Å². The molecule has 2 aromatic rings. The summed E-state index contributed by atoms with van der Waals surface area (Å²) in [5.74, 6) is 0.863. The lowest BCUT2D eigenvalue weighted by molar-refractivity contribution is 0.0940. The van der Waals surface area contributed by atoms with Gasteiger partial charge in [-0.15, -0.1) is 0 Å². The lowest BCUT2D eigenvalue weighted by atomic mass is 10.1. The minimum atomic E-state index is -0.512. The zero-order chi connectivity index (χ0) is 20.1. The van der Waals surface area contributed by atoms with Gasteiger partial charge < -0.3 is 14.8 Å². The second-order valence-corrected chi connectivity index (χ2v) is 6.76. The molecule has 2 aromatic carbocycles. The number of nitrogens with one attached hydrogen (secondary N) is 1. The van der Waals surface area contributed by atoms with Gasteiger partial charge in [0.25, 0.3) is 0 Å². The Morgan fingerprint density at radius 2 is 1.17 bits per heavy atom. The predicted octanol–water partition coefficient (Wildman–Crippen LogP) is 1.94. The molecule has 4 rings (SSSR count). The summed E-state index contributed by atoms with van der Waals surface area (Å²) in [6.07, 6.45) is 0. The highest BCUT2D eigenvalue weighted by molar-refractivity contribution is 6.03.